The summed E-state index contributed by atoms with van der Waals surface area (Å²) in [7, 11) is 0. The number of nitro benzene ring substituents is 1. The lowest BCUT2D eigenvalue weighted by molar-refractivity contribution is -0.385. The molecule has 0 saturated carbocycles. The number of nitrogens with zero attached hydrogens (tertiary/aromatic N) is 1. The Morgan fingerprint density at radius 3 is 2.50 bits per heavy atom. The van der Waals surface area contributed by atoms with Crippen molar-refractivity contribution in [1.82, 2.24) is 0 Å². The van der Waals surface area contributed by atoms with E-state index in [1.54, 1.807) is 19.1 Å². The molecular weight excluding hydrogens is 206 g/mol. The molecule has 88 valence electrons. The minimum absolute atomic E-state index is 0.0388. The second-order valence-corrected chi connectivity index (χ2v) is 5.01. The van der Waals surface area contributed by atoms with E-state index < -0.39 is 0 Å². The van der Waals surface area contributed by atoms with Gasteiger partial charge in [-0.2, -0.15) is 0 Å². The number of benzene rings is 1. The maximum Gasteiger partial charge on any atom is 0.276 e. The molecule has 4 heteroatoms. The van der Waals surface area contributed by atoms with Gasteiger partial charge in [0.15, 0.2) is 0 Å². The zero-order valence-electron chi connectivity index (χ0n) is 10.1. The number of hydrogen-bond donors (Lipinski definition) is 0. The fourth-order valence-electron chi connectivity index (χ4n) is 1.25. The molecule has 4 nitrogen and oxygen atoms in total. The predicted octanol–water partition coefficient (Wildman–Crippen LogP) is 3.33. The molecular formula is C12H17NO3. The summed E-state index contributed by atoms with van der Waals surface area (Å²) in [6, 6.07) is 4.89. The van der Waals surface area contributed by atoms with Crippen molar-refractivity contribution in [2.75, 3.05) is 6.61 Å². The minimum atomic E-state index is -0.390. The molecule has 0 bridgehead atoms. The van der Waals surface area contributed by atoms with Gasteiger partial charge in [0.1, 0.15) is 5.75 Å². The average Bonchev–Trinajstić information content (AvgIpc) is 2.14. The van der Waals surface area contributed by atoms with Crippen LogP contribution >= 0.6 is 0 Å². The largest absolute Gasteiger partial charge is 0.493 e. The van der Waals surface area contributed by atoms with Crippen LogP contribution in [-0.4, -0.2) is 11.5 Å². The van der Waals surface area contributed by atoms with Gasteiger partial charge in [0.2, 0.25) is 0 Å². The van der Waals surface area contributed by atoms with Crippen LogP contribution in [0.1, 0.15) is 26.3 Å². The summed E-state index contributed by atoms with van der Waals surface area (Å²) < 4.78 is 5.59. The standard InChI is InChI=1S/C12H17NO3/c1-9-10(13(14)15)6-5-7-11(9)16-8-12(2,3)4/h5-7H,8H2,1-4H3. The van der Waals surface area contributed by atoms with Crippen molar-refractivity contribution < 1.29 is 9.66 Å². The number of ether oxygens (including phenoxy) is 1. The van der Waals surface area contributed by atoms with E-state index in [1.165, 1.54) is 6.07 Å². The zero-order valence-corrected chi connectivity index (χ0v) is 10.1. The van der Waals surface area contributed by atoms with Crippen molar-refractivity contribution in [2.45, 2.75) is 27.7 Å². The highest BCUT2D eigenvalue weighted by Gasteiger charge is 2.16. The highest BCUT2D eigenvalue weighted by molar-refractivity contribution is 5.48. The molecule has 0 spiro atoms. The SMILES string of the molecule is Cc1c(OCC(C)(C)C)cccc1[N+](=O)[O-]. The van der Waals surface area contributed by atoms with Gasteiger partial charge in [-0.3, -0.25) is 10.1 Å². The van der Waals surface area contributed by atoms with E-state index in [9.17, 15) is 10.1 Å². The van der Waals surface area contributed by atoms with Gasteiger partial charge in [0, 0.05) is 6.07 Å². The van der Waals surface area contributed by atoms with Crippen molar-refractivity contribution in [3.63, 3.8) is 0 Å². The summed E-state index contributed by atoms with van der Waals surface area (Å²) in [4.78, 5) is 10.3. The average molecular weight is 223 g/mol. The van der Waals surface area contributed by atoms with Gasteiger partial charge in [-0.1, -0.05) is 26.8 Å². The van der Waals surface area contributed by atoms with Crippen molar-refractivity contribution in [3.05, 3.63) is 33.9 Å². The van der Waals surface area contributed by atoms with E-state index in [2.05, 4.69) is 20.8 Å². The van der Waals surface area contributed by atoms with E-state index in [0.29, 0.717) is 17.9 Å². The Balaban J connectivity index is 2.90. The molecule has 1 rings (SSSR count). The van der Waals surface area contributed by atoms with E-state index in [-0.39, 0.29) is 16.0 Å². The number of rotatable bonds is 3. The Kier molecular flexibility index (Phi) is 3.52. The minimum Gasteiger partial charge on any atom is -0.493 e. The third kappa shape index (κ3) is 3.22. The molecule has 0 heterocycles. The molecule has 0 aromatic heterocycles. The van der Waals surface area contributed by atoms with Crippen LogP contribution in [0.5, 0.6) is 5.75 Å². The maximum absolute atomic E-state index is 10.7. The highest BCUT2D eigenvalue weighted by Crippen LogP contribution is 2.28. The smallest absolute Gasteiger partial charge is 0.276 e. The topological polar surface area (TPSA) is 52.4 Å². The first kappa shape index (κ1) is 12.5. The van der Waals surface area contributed by atoms with Crippen molar-refractivity contribution in [1.29, 1.82) is 0 Å². The molecule has 1 aromatic rings. The molecule has 0 saturated heterocycles. The number of nitro groups is 1. The quantitative estimate of drug-likeness (QED) is 0.583. The molecule has 0 amide bonds. The summed E-state index contributed by atoms with van der Waals surface area (Å²) in [5.41, 5.74) is 0.722. The second-order valence-electron chi connectivity index (χ2n) is 5.01. The van der Waals surface area contributed by atoms with E-state index >= 15 is 0 Å². The first-order valence-electron chi connectivity index (χ1n) is 5.18. The van der Waals surface area contributed by atoms with Crippen LogP contribution in [0.4, 0.5) is 5.69 Å². The van der Waals surface area contributed by atoms with Crippen LogP contribution in [0, 0.1) is 22.5 Å². The van der Waals surface area contributed by atoms with Crippen LogP contribution in [0.3, 0.4) is 0 Å². The van der Waals surface area contributed by atoms with Crippen LogP contribution in [0.2, 0.25) is 0 Å². The molecule has 1 aromatic carbocycles. The Bertz CT molecular complexity index is 394. The summed E-state index contributed by atoms with van der Waals surface area (Å²) in [6.07, 6.45) is 0. The lowest BCUT2D eigenvalue weighted by atomic mass is 9.98. The zero-order chi connectivity index (χ0) is 12.3. The molecule has 0 fully saturated rings. The highest BCUT2D eigenvalue weighted by atomic mass is 16.6. The fourth-order valence-corrected chi connectivity index (χ4v) is 1.25. The first-order valence-corrected chi connectivity index (χ1v) is 5.18. The molecule has 0 radical (unpaired) electrons. The lowest BCUT2D eigenvalue weighted by Gasteiger charge is -2.19. The summed E-state index contributed by atoms with van der Waals surface area (Å²) in [5, 5.41) is 10.7. The normalized spacial score (nSPS) is 11.2. The Morgan fingerprint density at radius 1 is 1.38 bits per heavy atom. The van der Waals surface area contributed by atoms with Crippen LogP contribution in [-0.2, 0) is 0 Å². The third-order valence-corrected chi connectivity index (χ3v) is 2.11. The van der Waals surface area contributed by atoms with E-state index in [1.807, 2.05) is 0 Å². The molecule has 0 unspecified atom stereocenters. The number of hydrogen-bond acceptors (Lipinski definition) is 3. The maximum atomic E-state index is 10.7. The van der Waals surface area contributed by atoms with Crippen molar-refractivity contribution in [3.8, 4) is 5.75 Å². The molecule has 16 heavy (non-hydrogen) atoms. The molecule has 0 aliphatic carbocycles. The van der Waals surface area contributed by atoms with Crippen molar-refractivity contribution >= 4 is 5.69 Å². The fraction of sp³-hybridized carbons (Fsp3) is 0.500. The predicted molar refractivity (Wildman–Crippen MR) is 62.8 cm³/mol. The summed E-state index contributed by atoms with van der Waals surface area (Å²) in [5.74, 6) is 0.587. The second kappa shape index (κ2) is 4.51. The van der Waals surface area contributed by atoms with Gasteiger partial charge in [0.05, 0.1) is 17.1 Å². The van der Waals surface area contributed by atoms with E-state index in [4.69, 9.17) is 4.74 Å². The van der Waals surface area contributed by atoms with Gasteiger partial charge in [-0.05, 0) is 18.4 Å². The Labute approximate surface area is 95.4 Å². The Morgan fingerprint density at radius 2 is 2.00 bits per heavy atom. The van der Waals surface area contributed by atoms with Crippen molar-refractivity contribution in [2.24, 2.45) is 5.41 Å². The van der Waals surface area contributed by atoms with Gasteiger partial charge < -0.3 is 4.74 Å². The lowest BCUT2D eigenvalue weighted by Crippen LogP contribution is -2.17. The monoisotopic (exact) mass is 223 g/mol. The third-order valence-electron chi connectivity index (χ3n) is 2.11. The van der Waals surface area contributed by atoms with Gasteiger partial charge in [0.25, 0.3) is 5.69 Å². The van der Waals surface area contributed by atoms with Crippen LogP contribution < -0.4 is 4.74 Å². The molecule has 0 atom stereocenters. The van der Waals surface area contributed by atoms with Gasteiger partial charge >= 0.3 is 0 Å². The van der Waals surface area contributed by atoms with Crippen LogP contribution in [0.25, 0.3) is 0 Å². The summed E-state index contributed by atoms with van der Waals surface area (Å²) >= 11 is 0. The van der Waals surface area contributed by atoms with E-state index in [0.717, 1.165) is 0 Å². The molecule has 0 aliphatic heterocycles. The molecule has 0 aliphatic rings. The Hall–Kier alpha value is -1.58. The molecule has 0 N–H and O–H groups in total. The van der Waals surface area contributed by atoms with Gasteiger partial charge in [-0.25, -0.2) is 0 Å². The van der Waals surface area contributed by atoms with Gasteiger partial charge in [-0.15, -0.1) is 0 Å². The summed E-state index contributed by atoms with van der Waals surface area (Å²) in [6.45, 7) is 8.41. The first-order chi connectivity index (χ1) is 7.31. The van der Waals surface area contributed by atoms with Crippen LogP contribution in [0.15, 0.2) is 18.2 Å².